The number of carbonyl (C=O) groups is 2. The van der Waals surface area contributed by atoms with Gasteiger partial charge in [-0.05, 0) is 52.6 Å². The summed E-state index contributed by atoms with van der Waals surface area (Å²) in [7, 11) is 0. The van der Waals surface area contributed by atoms with Crippen LogP contribution in [-0.2, 0) is 17.8 Å². The quantitative estimate of drug-likeness (QED) is 0.380. The number of fused-ring (bicyclic) bond motifs is 1. The predicted molar refractivity (Wildman–Crippen MR) is 136 cm³/mol. The van der Waals surface area contributed by atoms with Crippen molar-refractivity contribution >= 4 is 29.1 Å². The van der Waals surface area contributed by atoms with Gasteiger partial charge in [-0.15, -0.1) is 0 Å². The Morgan fingerprint density at radius 1 is 0.735 bits per heavy atom. The number of carbonyl (C=O) groups excluding carboxylic acids is 2. The summed E-state index contributed by atoms with van der Waals surface area (Å²) >= 11 is 6.05. The van der Waals surface area contributed by atoms with Crippen molar-refractivity contribution in [1.29, 1.82) is 0 Å². The number of halogens is 1. The van der Waals surface area contributed by atoms with Gasteiger partial charge in [0, 0.05) is 18.0 Å². The van der Waals surface area contributed by atoms with Gasteiger partial charge in [-0.1, -0.05) is 84.4 Å². The number of hydrogen-bond donors (Lipinski definition) is 1. The molecule has 0 aliphatic carbocycles. The Bertz CT molecular complexity index is 1340. The third kappa shape index (κ3) is 4.59. The standard InChI is InChI=1S/C29H23ClN2O2/c30-24-15-13-22(14-16-24)23-10-6-9-21(17-23)19-32-27(18-20-7-2-1-3-8-20)28(33)31-26-12-5-4-11-25(26)29(32)34/h1-17,27H,18-19H2,(H,31,33)/t27-/m0/s1. The maximum Gasteiger partial charge on any atom is 0.256 e. The summed E-state index contributed by atoms with van der Waals surface area (Å²) in [5.74, 6) is -0.345. The van der Waals surface area contributed by atoms with Crippen LogP contribution in [0.3, 0.4) is 0 Å². The molecule has 2 amide bonds. The Labute approximate surface area is 203 Å². The number of rotatable bonds is 5. The van der Waals surface area contributed by atoms with Gasteiger partial charge in [0.15, 0.2) is 0 Å². The van der Waals surface area contributed by atoms with E-state index in [2.05, 4.69) is 11.4 Å². The first kappa shape index (κ1) is 21.9. The smallest absolute Gasteiger partial charge is 0.256 e. The second-order valence-corrected chi connectivity index (χ2v) is 8.82. The summed E-state index contributed by atoms with van der Waals surface area (Å²) in [6, 6.07) is 32.1. The molecule has 0 radical (unpaired) electrons. The normalized spacial score (nSPS) is 15.4. The van der Waals surface area contributed by atoms with Crippen molar-refractivity contribution in [2.75, 3.05) is 5.32 Å². The minimum atomic E-state index is -0.638. The zero-order valence-corrected chi connectivity index (χ0v) is 19.2. The molecule has 34 heavy (non-hydrogen) atoms. The maximum absolute atomic E-state index is 13.7. The van der Waals surface area contributed by atoms with Gasteiger partial charge >= 0.3 is 0 Å². The fourth-order valence-corrected chi connectivity index (χ4v) is 4.47. The zero-order valence-electron chi connectivity index (χ0n) is 18.4. The third-order valence-corrected chi connectivity index (χ3v) is 6.34. The van der Waals surface area contributed by atoms with Gasteiger partial charge in [-0.25, -0.2) is 0 Å². The van der Waals surface area contributed by atoms with E-state index < -0.39 is 6.04 Å². The second kappa shape index (κ2) is 9.54. The molecule has 4 aromatic carbocycles. The van der Waals surface area contributed by atoms with Gasteiger partial charge in [0.05, 0.1) is 11.3 Å². The van der Waals surface area contributed by atoms with Crippen molar-refractivity contribution in [3.05, 3.63) is 125 Å². The molecule has 4 nitrogen and oxygen atoms in total. The van der Waals surface area contributed by atoms with Crippen LogP contribution in [0, 0.1) is 0 Å². The number of nitrogens with one attached hydrogen (secondary N) is 1. The molecule has 0 spiro atoms. The van der Waals surface area contributed by atoms with Crippen LogP contribution < -0.4 is 5.32 Å². The predicted octanol–water partition coefficient (Wildman–Crippen LogP) is 6.21. The average Bonchev–Trinajstić information content (AvgIpc) is 2.96. The van der Waals surface area contributed by atoms with E-state index in [1.54, 1.807) is 17.0 Å². The van der Waals surface area contributed by atoms with Gasteiger partial charge in [-0.2, -0.15) is 0 Å². The largest absolute Gasteiger partial charge is 0.324 e. The van der Waals surface area contributed by atoms with Crippen molar-refractivity contribution in [3.63, 3.8) is 0 Å². The molecule has 5 heteroatoms. The van der Waals surface area contributed by atoms with Crippen LogP contribution in [-0.4, -0.2) is 22.8 Å². The summed E-state index contributed by atoms with van der Waals surface area (Å²) in [5, 5.41) is 3.65. The van der Waals surface area contributed by atoms with E-state index in [0.29, 0.717) is 29.2 Å². The molecule has 0 bridgehead atoms. The molecular formula is C29H23ClN2O2. The van der Waals surface area contributed by atoms with Crippen molar-refractivity contribution in [2.45, 2.75) is 19.0 Å². The Morgan fingerprint density at radius 3 is 2.24 bits per heavy atom. The molecule has 1 aliphatic rings. The second-order valence-electron chi connectivity index (χ2n) is 8.38. The van der Waals surface area contributed by atoms with Crippen LogP contribution in [0.1, 0.15) is 21.5 Å². The summed E-state index contributed by atoms with van der Waals surface area (Å²) in [4.78, 5) is 28.7. The lowest BCUT2D eigenvalue weighted by atomic mass is 10.0. The topological polar surface area (TPSA) is 49.4 Å². The van der Waals surface area contributed by atoms with E-state index in [0.717, 1.165) is 22.3 Å². The number of amides is 2. The van der Waals surface area contributed by atoms with Crippen molar-refractivity contribution in [3.8, 4) is 11.1 Å². The van der Waals surface area contributed by atoms with E-state index >= 15 is 0 Å². The van der Waals surface area contributed by atoms with Crippen LogP contribution in [0.15, 0.2) is 103 Å². The van der Waals surface area contributed by atoms with Gasteiger partial charge in [0.1, 0.15) is 6.04 Å². The van der Waals surface area contributed by atoms with E-state index in [1.165, 1.54) is 0 Å². The first-order chi connectivity index (χ1) is 16.6. The maximum atomic E-state index is 13.7. The number of hydrogen-bond acceptors (Lipinski definition) is 2. The van der Waals surface area contributed by atoms with Crippen molar-refractivity contribution in [1.82, 2.24) is 4.90 Å². The number of benzene rings is 4. The summed E-state index contributed by atoms with van der Waals surface area (Å²) < 4.78 is 0. The number of anilines is 1. The highest BCUT2D eigenvalue weighted by atomic mass is 35.5. The van der Waals surface area contributed by atoms with Gasteiger partial charge < -0.3 is 10.2 Å². The minimum Gasteiger partial charge on any atom is -0.324 e. The summed E-state index contributed by atoms with van der Waals surface area (Å²) in [5.41, 5.74) is 5.07. The SMILES string of the molecule is O=C1Nc2ccccc2C(=O)N(Cc2cccc(-c3ccc(Cl)cc3)c2)[C@H]1Cc1ccccc1. The van der Waals surface area contributed by atoms with Crippen LogP contribution in [0.25, 0.3) is 11.1 Å². The number of para-hydroxylation sites is 1. The molecule has 168 valence electrons. The molecule has 1 aliphatic heterocycles. The molecule has 0 saturated carbocycles. The molecule has 4 aromatic rings. The fraction of sp³-hybridized carbons (Fsp3) is 0.103. The molecule has 1 heterocycles. The highest BCUT2D eigenvalue weighted by Gasteiger charge is 2.35. The van der Waals surface area contributed by atoms with Crippen LogP contribution in [0.5, 0.6) is 0 Å². The Balaban J connectivity index is 1.52. The minimum absolute atomic E-state index is 0.160. The van der Waals surface area contributed by atoms with E-state index in [9.17, 15) is 9.59 Å². The van der Waals surface area contributed by atoms with Crippen LogP contribution in [0.4, 0.5) is 5.69 Å². The highest BCUT2D eigenvalue weighted by molar-refractivity contribution is 6.30. The molecule has 0 unspecified atom stereocenters. The Morgan fingerprint density at radius 2 is 1.44 bits per heavy atom. The summed E-state index contributed by atoms with van der Waals surface area (Å²) in [6.45, 7) is 0.319. The Kier molecular flexibility index (Phi) is 6.15. The first-order valence-electron chi connectivity index (χ1n) is 11.2. The molecular weight excluding hydrogens is 444 g/mol. The first-order valence-corrected chi connectivity index (χ1v) is 11.6. The molecule has 5 rings (SSSR count). The average molecular weight is 467 g/mol. The molecule has 1 N–H and O–H groups in total. The third-order valence-electron chi connectivity index (χ3n) is 6.08. The van der Waals surface area contributed by atoms with E-state index in [4.69, 9.17) is 11.6 Å². The lowest BCUT2D eigenvalue weighted by Gasteiger charge is -2.29. The lowest BCUT2D eigenvalue weighted by Crippen LogP contribution is -2.46. The van der Waals surface area contributed by atoms with E-state index in [-0.39, 0.29) is 11.8 Å². The monoisotopic (exact) mass is 466 g/mol. The Hall–Kier alpha value is -3.89. The number of nitrogens with zero attached hydrogens (tertiary/aromatic N) is 1. The van der Waals surface area contributed by atoms with E-state index in [1.807, 2.05) is 84.9 Å². The highest BCUT2D eigenvalue weighted by Crippen LogP contribution is 2.28. The molecule has 0 aromatic heterocycles. The van der Waals surface area contributed by atoms with Crippen molar-refractivity contribution < 1.29 is 9.59 Å². The fourth-order valence-electron chi connectivity index (χ4n) is 4.34. The molecule has 1 atom stereocenters. The summed E-state index contributed by atoms with van der Waals surface area (Å²) in [6.07, 6.45) is 0.434. The van der Waals surface area contributed by atoms with Gasteiger partial charge in [0.25, 0.3) is 5.91 Å². The molecule has 0 fully saturated rings. The zero-order chi connectivity index (χ0) is 23.5. The van der Waals surface area contributed by atoms with Crippen molar-refractivity contribution in [2.24, 2.45) is 0 Å². The van der Waals surface area contributed by atoms with Crippen LogP contribution in [0.2, 0.25) is 5.02 Å². The van der Waals surface area contributed by atoms with Gasteiger partial charge in [0.2, 0.25) is 5.91 Å². The molecule has 0 saturated heterocycles. The van der Waals surface area contributed by atoms with Crippen LogP contribution >= 0.6 is 11.6 Å². The lowest BCUT2D eigenvalue weighted by molar-refractivity contribution is -0.120. The van der Waals surface area contributed by atoms with Gasteiger partial charge in [-0.3, -0.25) is 9.59 Å².